The largest absolute Gasteiger partial charge is 0.387 e. The summed E-state index contributed by atoms with van der Waals surface area (Å²) in [5.74, 6) is 1.42. The SMILES string of the molecule is CC(O)c1nc(-c2cscn2)sc1C(=O)N1CC2CC2C1. The zero-order valence-corrected chi connectivity index (χ0v) is 13.2. The van der Waals surface area contributed by atoms with Crippen LogP contribution in [0.15, 0.2) is 10.9 Å². The third kappa shape index (κ3) is 2.29. The number of amides is 1. The van der Waals surface area contributed by atoms with E-state index in [0.29, 0.717) is 27.4 Å². The predicted octanol–water partition coefficient (Wildman–Crippen LogP) is 2.41. The van der Waals surface area contributed by atoms with Gasteiger partial charge in [-0.2, -0.15) is 0 Å². The maximum Gasteiger partial charge on any atom is 0.266 e. The normalized spacial score (nSPS) is 25.0. The van der Waals surface area contributed by atoms with Gasteiger partial charge in [-0.15, -0.1) is 22.7 Å². The fourth-order valence-corrected chi connectivity index (χ4v) is 4.61. The van der Waals surface area contributed by atoms with Gasteiger partial charge in [-0.1, -0.05) is 0 Å². The topological polar surface area (TPSA) is 66.3 Å². The molecule has 1 amide bonds. The first-order valence-electron chi connectivity index (χ1n) is 7.00. The number of piperidine rings is 1. The standard InChI is InChI=1S/C14H15N3O2S2/c1-7(18)11-12(14(19)17-3-8-2-9(8)4-17)21-13(16-11)10-5-20-6-15-10/h5-9,18H,2-4H2,1H3. The van der Waals surface area contributed by atoms with E-state index in [0.717, 1.165) is 18.8 Å². The lowest BCUT2D eigenvalue weighted by molar-refractivity contribution is 0.0773. The molecule has 2 aromatic heterocycles. The van der Waals surface area contributed by atoms with Crippen molar-refractivity contribution in [3.63, 3.8) is 0 Å². The summed E-state index contributed by atoms with van der Waals surface area (Å²) in [6, 6.07) is 0. The van der Waals surface area contributed by atoms with Crippen molar-refractivity contribution in [3.8, 4) is 10.7 Å². The van der Waals surface area contributed by atoms with Crippen molar-refractivity contribution in [3.05, 3.63) is 21.5 Å². The third-order valence-electron chi connectivity index (χ3n) is 4.16. The van der Waals surface area contributed by atoms with Gasteiger partial charge in [0.1, 0.15) is 15.6 Å². The van der Waals surface area contributed by atoms with Crippen LogP contribution >= 0.6 is 22.7 Å². The molecule has 1 N–H and O–H groups in total. The maximum absolute atomic E-state index is 12.7. The number of hydrogen-bond acceptors (Lipinski definition) is 6. The van der Waals surface area contributed by atoms with E-state index in [-0.39, 0.29) is 5.91 Å². The first-order chi connectivity index (χ1) is 10.1. The van der Waals surface area contributed by atoms with Crippen LogP contribution in [0.4, 0.5) is 0 Å². The predicted molar refractivity (Wildman–Crippen MR) is 81.4 cm³/mol. The second-order valence-electron chi connectivity index (χ2n) is 5.75. The Labute approximate surface area is 130 Å². The molecule has 1 aliphatic heterocycles. The second kappa shape index (κ2) is 4.86. The lowest BCUT2D eigenvalue weighted by atomic mass is 10.2. The van der Waals surface area contributed by atoms with Crippen LogP contribution in [0.1, 0.15) is 34.8 Å². The molecule has 0 radical (unpaired) electrons. The van der Waals surface area contributed by atoms with Crippen molar-refractivity contribution in [2.75, 3.05) is 13.1 Å². The van der Waals surface area contributed by atoms with Crippen LogP contribution in [-0.2, 0) is 0 Å². The van der Waals surface area contributed by atoms with Gasteiger partial charge < -0.3 is 10.0 Å². The van der Waals surface area contributed by atoms with E-state index in [1.165, 1.54) is 29.1 Å². The van der Waals surface area contributed by atoms with E-state index >= 15 is 0 Å². The van der Waals surface area contributed by atoms with Crippen LogP contribution in [0.5, 0.6) is 0 Å². The van der Waals surface area contributed by atoms with Crippen LogP contribution in [-0.4, -0.2) is 39.0 Å². The molecule has 21 heavy (non-hydrogen) atoms. The second-order valence-corrected chi connectivity index (χ2v) is 7.47. The number of likely N-dealkylation sites (tertiary alicyclic amines) is 1. The molecule has 4 rings (SSSR count). The summed E-state index contributed by atoms with van der Waals surface area (Å²) in [6.07, 6.45) is 0.518. The number of aliphatic hydroxyl groups excluding tert-OH is 1. The molecule has 0 bridgehead atoms. The molecule has 1 aliphatic carbocycles. The number of fused-ring (bicyclic) bond motifs is 1. The minimum atomic E-state index is -0.746. The lowest BCUT2D eigenvalue weighted by Crippen LogP contribution is -2.30. The van der Waals surface area contributed by atoms with Crippen molar-refractivity contribution in [1.29, 1.82) is 0 Å². The van der Waals surface area contributed by atoms with Crippen molar-refractivity contribution in [2.24, 2.45) is 11.8 Å². The van der Waals surface area contributed by atoms with Gasteiger partial charge in [0.05, 0.1) is 17.3 Å². The van der Waals surface area contributed by atoms with Gasteiger partial charge in [0.2, 0.25) is 0 Å². The summed E-state index contributed by atoms with van der Waals surface area (Å²) >= 11 is 2.83. The Morgan fingerprint density at radius 2 is 2.24 bits per heavy atom. The Bertz CT molecular complexity index is 670. The van der Waals surface area contributed by atoms with Gasteiger partial charge in [0, 0.05) is 18.5 Å². The van der Waals surface area contributed by atoms with Crippen molar-refractivity contribution >= 4 is 28.6 Å². The monoisotopic (exact) mass is 321 g/mol. The minimum Gasteiger partial charge on any atom is -0.387 e. The summed E-state index contributed by atoms with van der Waals surface area (Å²) in [4.78, 5) is 23.8. The number of thiazole rings is 2. The molecule has 3 atom stereocenters. The minimum absolute atomic E-state index is 0.0112. The van der Waals surface area contributed by atoms with E-state index in [4.69, 9.17) is 0 Å². The fourth-order valence-electron chi connectivity index (χ4n) is 2.90. The molecular weight excluding hydrogens is 306 g/mol. The quantitative estimate of drug-likeness (QED) is 0.943. The van der Waals surface area contributed by atoms with Crippen molar-refractivity contribution in [1.82, 2.24) is 14.9 Å². The molecule has 3 unspecified atom stereocenters. The van der Waals surface area contributed by atoms with Crippen LogP contribution in [0.25, 0.3) is 10.7 Å². The average molecular weight is 321 g/mol. The van der Waals surface area contributed by atoms with E-state index in [1.807, 2.05) is 10.3 Å². The molecule has 7 heteroatoms. The highest BCUT2D eigenvalue weighted by molar-refractivity contribution is 7.17. The Balaban J connectivity index is 1.68. The summed E-state index contributed by atoms with van der Waals surface area (Å²) in [7, 11) is 0. The highest BCUT2D eigenvalue weighted by Crippen LogP contribution is 2.45. The molecule has 110 valence electrons. The van der Waals surface area contributed by atoms with Crippen LogP contribution in [0.3, 0.4) is 0 Å². The van der Waals surface area contributed by atoms with Crippen molar-refractivity contribution < 1.29 is 9.90 Å². The Kier molecular flexibility index (Phi) is 3.09. The molecule has 0 spiro atoms. The molecule has 3 heterocycles. The number of nitrogens with zero attached hydrogens (tertiary/aromatic N) is 3. The first-order valence-corrected chi connectivity index (χ1v) is 8.76. The molecular formula is C14H15N3O2S2. The van der Waals surface area contributed by atoms with E-state index < -0.39 is 6.10 Å². The molecule has 1 saturated carbocycles. The fraction of sp³-hybridized carbons (Fsp3) is 0.500. The summed E-state index contributed by atoms with van der Waals surface area (Å²) in [6.45, 7) is 3.36. The highest BCUT2D eigenvalue weighted by atomic mass is 32.1. The Morgan fingerprint density at radius 1 is 1.48 bits per heavy atom. The summed E-state index contributed by atoms with van der Waals surface area (Å²) < 4.78 is 0. The van der Waals surface area contributed by atoms with E-state index in [1.54, 1.807) is 12.4 Å². The number of aromatic nitrogens is 2. The number of rotatable bonds is 3. The van der Waals surface area contributed by atoms with Gasteiger partial charge in [-0.3, -0.25) is 4.79 Å². The number of hydrogen-bond donors (Lipinski definition) is 1. The maximum atomic E-state index is 12.7. The van der Waals surface area contributed by atoms with Crippen molar-refractivity contribution in [2.45, 2.75) is 19.4 Å². The molecule has 1 saturated heterocycles. The van der Waals surface area contributed by atoms with Crippen LogP contribution < -0.4 is 0 Å². The third-order valence-corrected chi connectivity index (χ3v) is 5.83. The molecule has 2 fully saturated rings. The highest BCUT2D eigenvalue weighted by Gasteiger charge is 2.47. The Morgan fingerprint density at radius 3 is 2.86 bits per heavy atom. The number of carbonyl (C=O) groups is 1. The van der Waals surface area contributed by atoms with E-state index in [2.05, 4.69) is 9.97 Å². The lowest BCUT2D eigenvalue weighted by Gasteiger charge is -2.17. The van der Waals surface area contributed by atoms with Crippen LogP contribution in [0, 0.1) is 11.8 Å². The smallest absolute Gasteiger partial charge is 0.266 e. The Hall–Kier alpha value is -1.31. The summed E-state index contributed by atoms with van der Waals surface area (Å²) in [5.41, 5.74) is 3.00. The molecule has 2 aliphatic rings. The number of carbonyl (C=O) groups excluding carboxylic acids is 1. The molecule has 5 nitrogen and oxygen atoms in total. The van der Waals surface area contributed by atoms with Gasteiger partial charge in [0.25, 0.3) is 5.91 Å². The zero-order chi connectivity index (χ0) is 14.6. The summed E-state index contributed by atoms with van der Waals surface area (Å²) in [5, 5.41) is 12.5. The zero-order valence-electron chi connectivity index (χ0n) is 11.5. The van der Waals surface area contributed by atoms with E-state index in [9.17, 15) is 9.90 Å². The van der Waals surface area contributed by atoms with Gasteiger partial charge in [0.15, 0.2) is 0 Å². The van der Waals surface area contributed by atoms with Gasteiger partial charge in [-0.05, 0) is 25.2 Å². The molecule has 0 aromatic carbocycles. The van der Waals surface area contributed by atoms with Gasteiger partial charge in [-0.25, -0.2) is 9.97 Å². The van der Waals surface area contributed by atoms with Crippen LogP contribution in [0.2, 0.25) is 0 Å². The van der Waals surface area contributed by atoms with Gasteiger partial charge >= 0.3 is 0 Å². The molecule has 2 aromatic rings. The first kappa shape index (κ1) is 13.4. The number of aliphatic hydroxyl groups is 1. The average Bonchev–Trinajstić information content (AvgIpc) is 2.98.